The highest BCUT2D eigenvalue weighted by atomic mass is 16.3. The molecule has 1 atom stereocenters. The quantitative estimate of drug-likeness (QED) is 0.609. The zero-order chi connectivity index (χ0) is 10.7. The number of aliphatic hydroxyl groups is 1. The first-order valence-electron chi connectivity index (χ1n) is 4.73. The van der Waals surface area contributed by atoms with Crippen molar-refractivity contribution < 1.29 is 9.90 Å². The Morgan fingerprint density at radius 1 is 1.47 bits per heavy atom. The first-order chi connectivity index (χ1) is 7.21. The number of hydrogen-bond donors (Lipinski definition) is 3. The van der Waals surface area contributed by atoms with Crippen LogP contribution in [0.25, 0.3) is 0 Å². The van der Waals surface area contributed by atoms with Gasteiger partial charge in [0, 0.05) is 18.8 Å². The van der Waals surface area contributed by atoms with Crippen LogP contribution in [0, 0.1) is 0 Å². The number of benzene rings is 1. The Hall–Kier alpha value is -1.43. The van der Waals surface area contributed by atoms with Gasteiger partial charge in [-0.2, -0.15) is 5.32 Å². The van der Waals surface area contributed by atoms with Crippen molar-refractivity contribution in [2.45, 2.75) is 5.85 Å². The first-order valence-corrected chi connectivity index (χ1v) is 4.73. The number of carbonyl (C=O) groups is 1. The Morgan fingerprint density at radius 3 is 2.80 bits per heavy atom. The van der Waals surface area contributed by atoms with Gasteiger partial charge in [-0.15, -0.1) is 0 Å². The molecule has 1 unspecified atom stereocenters. The van der Waals surface area contributed by atoms with Crippen molar-refractivity contribution in [3.63, 3.8) is 0 Å². The van der Waals surface area contributed by atoms with Crippen molar-refractivity contribution >= 4 is 11.6 Å². The van der Waals surface area contributed by atoms with E-state index in [1.165, 1.54) is 0 Å². The van der Waals surface area contributed by atoms with Crippen LogP contribution in [0.4, 0.5) is 5.69 Å². The lowest BCUT2D eigenvalue weighted by Crippen LogP contribution is -2.55. The van der Waals surface area contributed by atoms with Crippen LogP contribution in [0.15, 0.2) is 30.3 Å². The van der Waals surface area contributed by atoms with Crippen molar-refractivity contribution in [3.8, 4) is 0 Å². The molecule has 1 aliphatic heterocycles. The van der Waals surface area contributed by atoms with E-state index in [1.54, 1.807) is 24.3 Å². The molecular formula is C10H12N3O2. The molecule has 1 aromatic carbocycles. The summed E-state index contributed by atoms with van der Waals surface area (Å²) in [5.74, 6) is -2.32. The molecule has 5 heteroatoms. The molecule has 1 saturated heterocycles. The van der Waals surface area contributed by atoms with Gasteiger partial charge in [0.1, 0.15) is 0 Å². The van der Waals surface area contributed by atoms with E-state index in [2.05, 4.69) is 16.0 Å². The van der Waals surface area contributed by atoms with Gasteiger partial charge in [0.25, 0.3) is 11.8 Å². The van der Waals surface area contributed by atoms with E-state index in [0.29, 0.717) is 18.8 Å². The highest BCUT2D eigenvalue weighted by Crippen LogP contribution is 2.09. The molecule has 1 fully saturated rings. The molecule has 0 aliphatic carbocycles. The Kier molecular flexibility index (Phi) is 2.68. The average Bonchev–Trinajstić information content (AvgIpc) is 2.68. The summed E-state index contributed by atoms with van der Waals surface area (Å²) < 4.78 is 0. The molecule has 1 heterocycles. The molecule has 5 nitrogen and oxygen atoms in total. The highest BCUT2D eigenvalue weighted by molar-refractivity contribution is 5.96. The lowest BCUT2D eigenvalue weighted by atomic mass is 10.3. The summed E-state index contributed by atoms with van der Waals surface area (Å²) in [5, 5.41) is 18.7. The summed E-state index contributed by atoms with van der Waals surface area (Å²) in [5.41, 5.74) is 0.639. The van der Waals surface area contributed by atoms with Crippen LogP contribution in [-0.2, 0) is 4.79 Å². The third-order valence-electron chi connectivity index (χ3n) is 2.17. The van der Waals surface area contributed by atoms with Crippen LogP contribution in [-0.4, -0.2) is 30.0 Å². The van der Waals surface area contributed by atoms with Crippen LogP contribution in [0.5, 0.6) is 0 Å². The minimum Gasteiger partial charge on any atom is -0.354 e. The van der Waals surface area contributed by atoms with Crippen LogP contribution in [0.1, 0.15) is 0 Å². The van der Waals surface area contributed by atoms with E-state index in [0.717, 1.165) is 0 Å². The molecule has 0 saturated carbocycles. The van der Waals surface area contributed by atoms with Gasteiger partial charge in [-0.25, -0.2) is 0 Å². The zero-order valence-corrected chi connectivity index (χ0v) is 8.10. The monoisotopic (exact) mass is 206 g/mol. The maximum atomic E-state index is 11.6. The molecule has 0 bridgehead atoms. The lowest BCUT2D eigenvalue weighted by Gasteiger charge is -2.20. The van der Waals surface area contributed by atoms with Gasteiger partial charge in [0.15, 0.2) is 0 Å². The molecule has 3 N–H and O–H groups in total. The number of hydrogen-bond acceptors (Lipinski definition) is 3. The van der Waals surface area contributed by atoms with E-state index >= 15 is 0 Å². The normalized spacial score (nSPS) is 18.7. The maximum Gasteiger partial charge on any atom is 0.289 e. The van der Waals surface area contributed by atoms with Crippen molar-refractivity contribution in [2.24, 2.45) is 0 Å². The summed E-state index contributed by atoms with van der Waals surface area (Å²) in [6.45, 7) is 0.956. The summed E-state index contributed by atoms with van der Waals surface area (Å²) in [6.07, 6.45) is 0. The number of amides is 1. The zero-order valence-electron chi connectivity index (χ0n) is 8.10. The number of anilines is 1. The second-order valence-electron chi connectivity index (χ2n) is 3.30. The number of carbonyl (C=O) groups excluding carboxylic acids is 1. The second kappa shape index (κ2) is 3.98. The minimum absolute atomic E-state index is 0.443. The Balaban J connectivity index is 2.04. The largest absolute Gasteiger partial charge is 0.354 e. The van der Waals surface area contributed by atoms with Gasteiger partial charge in [0.05, 0.1) is 0 Å². The van der Waals surface area contributed by atoms with Gasteiger partial charge in [-0.3, -0.25) is 10.1 Å². The molecule has 1 radical (unpaired) electrons. The number of para-hydroxylation sites is 1. The van der Waals surface area contributed by atoms with Crippen molar-refractivity contribution in [1.29, 1.82) is 0 Å². The molecule has 79 valence electrons. The SMILES string of the molecule is O=C(Nc1ccccc1)C1(O)[N]CCN1. The van der Waals surface area contributed by atoms with Gasteiger partial charge >= 0.3 is 0 Å². The van der Waals surface area contributed by atoms with Crippen molar-refractivity contribution in [2.75, 3.05) is 18.4 Å². The fourth-order valence-corrected chi connectivity index (χ4v) is 1.40. The average molecular weight is 206 g/mol. The topological polar surface area (TPSA) is 75.5 Å². The molecule has 0 spiro atoms. The molecule has 2 rings (SSSR count). The van der Waals surface area contributed by atoms with Crippen LogP contribution in [0.2, 0.25) is 0 Å². The number of nitrogens with zero attached hydrogens (tertiary/aromatic N) is 1. The number of rotatable bonds is 2. The van der Waals surface area contributed by atoms with E-state index < -0.39 is 11.8 Å². The van der Waals surface area contributed by atoms with E-state index in [-0.39, 0.29) is 0 Å². The van der Waals surface area contributed by atoms with Gasteiger partial charge < -0.3 is 10.4 Å². The molecule has 1 amide bonds. The maximum absolute atomic E-state index is 11.6. The molecular weight excluding hydrogens is 194 g/mol. The molecule has 1 aliphatic rings. The van der Waals surface area contributed by atoms with Gasteiger partial charge in [0.2, 0.25) is 0 Å². The van der Waals surface area contributed by atoms with E-state index in [9.17, 15) is 9.90 Å². The van der Waals surface area contributed by atoms with Gasteiger partial charge in [-0.05, 0) is 12.1 Å². The van der Waals surface area contributed by atoms with Crippen LogP contribution >= 0.6 is 0 Å². The molecule has 15 heavy (non-hydrogen) atoms. The smallest absolute Gasteiger partial charge is 0.289 e. The van der Waals surface area contributed by atoms with Gasteiger partial charge in [-0.1, -0.05) is 18.2 Å². The number of nitrogens with one attached hydrogen (secondary N) is 2. The van der Waals surface area contributed by atoms with E-state index in [4.69, 9.17) is 0 Å². The fraction of sp³-hybridized carbons (Fsp3) is 0.300. The minimum atomic E-state index is -1.77. The summed E-state index contributed by atoms with van der Waals surface area (Å²) in [7, 11) is 0. The molecule has 1 aromatic rings. The lowest BCUT2D eigenvalue weighted by molar-refractivity contribution is -0.138. The summed E-state index contributed by atoms with van der Waals surface area (Å²) in [6, 6.07) is 8.95. The summed E-state index contributed by atoms with van der Waals surface area (Å²) >= 11 is 0. The predicted octanol–water partition coefficient (Wildman–Crippen LogP) is -0.521. The Labute approximate surface area is 87.5 Å². The standard InChI is InChI=1S/C10H12N3O2/c14-9(10(15)11-6-7-12-10)13-8-4-2-1-3-5-8/h1-5,11,15H,6-7H2,(H,13,14). The van der Waals surface area contributed by atoms with E-state index in [1.807, 2.05) is 6.07 Å². The second-order valence-corrected chi connectivity index (χ2v) is 3.30. The Morgan fingerprint density at radius 2 is 2.20 bits per heavy atom. The fourth-order valence-electron chi connectivity index (χ4n) is 1.40. The predicted molar refractivity (Wildman–Crippen MR) is 55.0 cm³/mol. The van der Waals surface area contributed by atoms with Crippen LogP contribution in [0.3, 0.4) is 0 Å². The first kappa shape index (κ1) is 10.1. The third kappa shape index (κ3) is 2.15. The van der Waals surface area contributed by atoms with Crippen LogP contribution < -0.4 is 16.0 Å². The Bertz CT molecular complexity index is 347. The third-order valence-corrected chi connectivity index (χ3v) is 2.17. The summed E-state index contributed by atoms with van der Waals surface area (Å²) in [4.78, 5) is 11.6. The van der Waals surface area contributed by atoms with Crippen molar-refractivity contribution in [3.05, 3.63) is 30.3 Å². The van der Waals surface area contributed by atoms with Crippen molar-refractivity contribution in [1.82, 2.24) is 10.6 Å². The highest BCUT2D eigenvalue weighted by Gasteiger charge is 2.40. The molecule has 0 aromatic heterocycles.